The van der Waals surface area contributed by atoms with Crippen LogP contribution in [0.15, 0.2) is 55.1 Å². The lowest BCUT2D eigenvalue weighted by Crippen LogP contribution is -2.42. The van der Waals surface area contributed by atoms with Crippen LogP contribution >= 0.6 is 0 Å². The molecule has 2 aromatic rings. The molecule has 0 aromatic heterocycles. The van der Waals surface area contributed by atoms with Gasteiger partial charge < -0.3 is 19.9 Å². The SMILES string of the molecule is C=CCOC(=O)CC(NC(=O)OCc1cccc2c1Cc1ccccc1-2)C(=O)O. The van der Waals surface area contributed by atoms with Gasteiger partial charge in [0.1, 0.15) is 19.3 Å². The van der Waals surface area contributed by atoms with E-state index in [1.54, 1.807) is 0 Å². The van der Waals surface area contributed by atoms with Crippen molar-refractivity contribution in [2.45, 2.75) is 25.5 Å². The Morgan fingerprint density at radius 2 is 1.86 bits per heavy atom. The molecule has 0 spiro atoms. The Bertz CT molecular complexity index is 952. The summed E-state index contributed by atoms with van der Waals surface area (Å²) in [6.07, 6.45) is 0.696. The molecule has 150 valence electrons. The van der Waals surface area contributed by atoms with Crippen molar-refractivity contribution in [3.8, 4) is 11.1 Å². The maximum absolute atomic E-state index is 12.1. The van der Waals surface area contributed by atoms with Crippen molar-refractivity contribution in [1.82, 2.24) is 5.32 Å². The largest absolute Gasteiger partial charge is 0.480 e. The van der Waals surface area contributed by atoms with Crippen molar-refractivity contribution in [1.29, 1.82) is 0 Å². The molecule has 1 atom stereocenters. The Labute approximate surface area is 167 Å². The summed E-state index contributed by atoms with van der Waals surface area (Å²) < 4.78 is 9.97. The number of benzene rings is 2. The van der Waals surface area contributed by atoms with Crippen LogP contribution in [0.2, 0.25) is 0 Å². The average Bonchev–Trinajstić information content (AvgIpc) is 3.09. The van der Waals surface area contributed by atoms with Gasteiger partial charge in [-0.25, -0.2) is 9.59 Å². The topological polar surface area (TPSA) is 102 Å². The highest BCUT2D eigenvalue weighted by atomic mass is 16.5. The molecule has 2 aromatic carbocycles. The van der Waals surface area contributed by atoms with E-state index in [2.05, 4.69) is 24.0 Å². The van der Waals surface area contributed by atoms with Crippen LogP contribution in [-0.2, 0) is 32.1 Å². The number of carbonyl (C=O) groups excluding carboxylic acids is 2. The summed E-state index contributed by atoms with van der Waals surface area (Å²) in [5.74, 6) is -2.11. The Balaban J connectivity index is 1.60. The fraction of sp³-hybridized carbons (Fsp3) is 0.227. The summed E-state index contributed by atoms with van der Waals surface area (Å²) in [5.41, 5.74) is 5.42. The molecule has 3 rings (SSSR count). The van der Waals surface area contributed by atoms with Gasteiger partial charge in [-0.15, -0.1) is 0 Å². The minimum absolute atomic E-state index is 0.00373. The third-order valence-electron chi connectivity index (χ3n) is 4.63. The number of nitrogens with one attached hydrogen (secondary N) is 1. The number of amides is 1. The first kappa shape index (κ1) is 20.1. The van der Waals surface area contributed by atoms with Gasteiger partial charge in [-0.1, -0.05) is 55.1 Å². The quantitative estimate of drug-likeness (QED) is 0.449. The number of rotatable bonds is 8. The molecule has 29 heavy (non-hydrogen) atoms. The molecule has 1 aliphatic carbocycles. The monoisotopic (exact) mass is 395 g/mol. The molecule has 0 saturated carbocycles. The van der Waals surface area contributed by atoms with Crippen molar-refractivity contribution < 1.29 is 29.0 Å². The third-order valence-corrected chi connectivity index (χ3v) is 4.63. The third kappa shape index (κ3) is 4.82. The number of esters is 1. The average molecular weight is 395 g/mol. The molecule has 1 amide bonds. The van der Waals surface area contributed by atoms with E-state index in [0.29, 0.717) is 0 Å². The number of carboxylic acids is 1. The summed E-state index contributed by atoms with van der Waals surface area (Å²) in [4.78, 5) is 35.0. The molecule has 2 N–H and O–H groups in total. The van der Waals surface area contributed by atoms with Crippen LogP contribution in [0, 0.1) is 0 Å². The lowest BCUT2D eigenvalue weighted by atomic mass is 10.0. The van der Waals surface area contributed by atoms with Crippen molar-refractivity contribution >= 4 is 18.0 Å². The summed E-state index contributed by atoms with van der Waals surface area (Å²) in [6, 6.07) is 12.5. The van der Waals surface area contributed by atoms with E-state index in [1.165, 1.54) is 11.6 Å². The number of ether oxygens (including phenoxy) is 2. The van der Waals surface area contributed by atoms with Crippen LogP contribution in [0.1, 0.15) is 23.1 Å². The number of fused-ring (bicyclic) bond motifs is 3. The zero-order valence-electron chi connectivity index (χ0n) is 15.7. The normalized spacial score (nSPS) is 12.3. The second kappa shape index (κ2) is 9.05. The first-order valence-corrected chi connectivity index (χ1v) is 9.11. The van der Waals surface area contributed by atoms with E-state index in [1.807, 2.05) is 30.3 Å². The molecule has 1 aliphatic rings. The zero-order valence-corrected chi connectivity index (χ0v) is 15.7. The van der Waals surface area contributed by atoms with Gasteiger partial charge in [0.05, 0.1) is 6.42 Å². The molecule has 1 unspecified atom stereocenters. The van der Waals surface area contributed by atoms with E-state index in [-0.39, 0.29) is 13.2 Å². The molecule has 0 bridgehead atoms. The van der Waals surface area contributed by atoms with Gasteiger partial charge in [-0.05, 0) is 34.2 Å². The Hall–Kier alpha value is -3.61. The van der Waals surface area contributed by atoms with Gasteiger partial charge in [-0.3, -0.25) is 4.79 Å². The van der Waals surface area contributed by atoms with Crippen molar-refractivity contribution in [3.63, 3.8) is 0 Å². The van der Waals surface area contributed by atoms with Crippen LogP contribution in [0.3, 0.4) is 0 Å². The van der Waals surface area contributed by atoms with Crippen molar-refractivity contribution in [2.75, 3.05) is 6.61 Å². The number of aliphatic carboxylic acids is 1. The minimum Gasteiger partial charge on any atom is -0.480 e. The lowest BCUT2D eigenvalue weighted by Gasteiger charge is -2.15. The van der Waals surface area contributed by atoms with Gasteiger partial charge >= 0.3 is 18.0 Å². The number of alkyl carbamates (subject to hydrolysis) is 1. The van der Waals surface area contributed by atoms with Gasteiger partial charge in [0.25, 0.3) is 0 Å². The van der Waals surface area contributed by atoms with Crippen molar-refractivity contribution in [3.05, 3.63) is 71.8 Å². The molecular weight excluding hydrogens is 374 g/mol. The zero-order chi connectivity index (χ0) is 20.8. The van der Waals surface area contributed by atoms with Crippen LogP contribution in [0.4, 0.5) is 4.79 Å². The predicted octanol–water partition coefficient (Wildman–Crippen LogP) is 3.06. The fourth-order valence-electron chi connectivity index (χ4n) is 3.26. The smallest absolute Gasteiger partial charge is 0.408 e. The molecule has 7 nitrogen and oxygen atoms in total. The second-order valence-electron chi connectivity index (χ2n) is 6.56. The minimum atomic E-state index is -1.44. The van der Waals surface area contributed by atoms with E-state index in [9.17, 15) is 19.5 Å². The number of hydrogen-bond donors (Lipinski definition) is 2. The van der Waals surface area contributed by atoms with Crippen LogP contribution < -0.4 is 5.32 Å². The fourth-order valence-corrected chi connectivity index (χ4v) is 3.26. The number of carbonyl (C=O) groups is 3. The van der Waals surface area contributed by atoms with Gasteiger partial charge in [0.15, 0.2) is 0 Å². The summed E-state index contributed by atoms with van der Waals surface area (Å²) >= 11 is 0. The van der Waals surface area contributed by atoms with E-state index in [4.69, 9.17) is 9.47 Å². The molecule has 0 aliphatic heterocycles. The molecule has 0 saturated heterocycles. The molecular formula is C22H21NO6. The molecule has 0 fully saturated rings. The lowest BCUT2D eigenvalue weighted by molar-refractivity contribution is -0.148. The Morgan fingerprint density at radius 1 is 1.10 bits per heavy atom. The van der Waals surface area contributed by atoms with Gasteiger partial charge in [0.2, 0.25) is 0 Å². The van der Waals surface area contributed by atoms with E-state index >= 15 is 0 Å². The maximum Gasteiger partial charge on any atom is 0.408 e. The Morgan fingerprint density at radius 3 is 2.62 bits per heavy atom. The summed E-state index contributed by atoms with van der Waals surface area (Å²) in [6.45, 7) is 3.37. The summed E-state index contributed by atoms with van der Waals surface area (Å²) in [5, 5.41) is 11.4. The van der Waals surface area contributed by atoms with Crippen LogP contribution in [0.5, 0.6) is 0 Å². The first-order chi connectivity index (χ1) is 14.0. The highest BCUT2D eigenvalue weighted by Crippen LogP contribution is 2.38. The molecule has 7 heteroatoms. The van der Waals surface area contributed by atoms with Gasteiger partial charge in [-0.2, -0.15) is 0 Å². The highest BCUT2D eigenvalue weighted by molar-refractivity contribution is 5.85. The number of hydrogen-bond acceptors (Lipinski definition) is 5. The highest BCUT2D eigenvalue weighted by Gasteiger charge is 2.25. The first-order valence-electron chi connectivity index (χ1n) is 9.11. The van der Waals surface area contributed by atoms with E-state index < -0.39 is 30.5 Å². The van der Waals surface area contributed by atoms with Crippen LogP contribution in [-0.4, -0.2) is 35.8 Å². The van der Waals surface area contributed by atoms with Crippen molar-refractivity contribution in [2.24, 2.45) is 0 Å². The molecule has 0 radical (unpaired) electrons. The standard InChI is InChI=1S/C22H21NO6/c1-2-10-28-20(24)12-19(21(25)26)23-22(27)29-13-15-7-5-9-17-16-8-4-3-6-14(16)11-18(15)17/h2-9,19H,1,10-13H2,(H,23,27)(H,25,26). The Kier molecular flexibility index (Phi) is 6.29. The van der Waals surface area contributed by atoms with E-state index in [0.717, 1.165) is 28.7 Å². The van der Waals surface area contributed by atoms with Gasteiger partial charge in [0, 0.05) is 0 Å². The molecule has 0 heterocycles. The number of carboxylic acid groups (broad SMARTS) is 1. The second-order valence-corrected chi connectivity index (χ2v) is 6.56. The maximum atomic E-state index is 12.1. The van der Waals surface area contributed by atoms with Crippen LogP contribution in [0.25, 0.3) is 11.1 Å². The summed E-state index contributed by atoms with van der Waals surface area (Å²) in [7, 11) is 0. The predicted molar refractivity (Wildman–Crippen MR) is 105 cm³/mol.